The summed E-state index contributed by atoms with van der Waals surface area (Å²) in [5.74, 6) is 0. The molecule has 2 aromatic rings. The summed E-state index contributed by atoms with van der Waals surface area (Å²) in [7, 11) is 1.74. The second-order valence-corrected chi connectivity index (χ2v) is 7.28. The molecule has 5 nitrogen and oxygen atoms in total. The monoisotopic (exact) mass is 340 g/mol. The van der Waals surface area contributed by atoms with Crippen molar-refractivity contribution in [1.82, 2.24) is 9.88 Å². The van der Waals surface area contributed by atoms with E-state index >= 15 is 0 Å². The van der Waals surface area contributed by atoms with E-state index < -0.39 is 5.60 Å². The molecule has 1 amide bonds. The summed E-state index contributed by atoms with van der Waals surface area (Å²) in [5.41, 5.74) is 3.99. The summed E-state index contributed by atoms with van der Waals surface area (Å²) in [5, 5.41) is 0. The van der Waals surface area contributed by atoms with Crippen LogP contribution in [0.2, 0.25) is 0 Å². The fourth-order valence-electron chi connectivity index (χ4n) is 2.95. The molecule has 0 saturated carbocycles. The van der Waals surface area contributed by atoms with Crippen LogP contribution in [-0.4, -0.2) is 35.2 Å². The van der Waals surface area contributed by atoms with Crippen LogP contribution < -0.4 is 0 Å². The van der Waals surface area contributed by atoms with E-state index in [1.807, 2.05) is 45.2 Å². The van der Waals surface area contributed by atoms with E-state index in [1.54, 1.807) is 18.1 Å². The standard InChI is InChI=1S/C20H24N2O3/c1-20(2,3)25-19(23)22(4)12-18-16-9-5-8-15(17(16)13-24-18)14-7-6-10-21-11-14/h5-11,18H,12-13H2,1-4H3. The quantitative estimate of drug-likeness (QED) is 0.841. The fraction of sp³-hybridized carbons (Fsp3) is 0.400. The molecule has 1 aliphatic heterocycles. The summed E-state index contributed by atoms with van der Waals surface area (Å²) in [6.45, 7) is 6.58. The third-order valence-electron chi connectivity index (χ3n) is 4.11. The van der Waals surface area contributed by atoms with Gasteiger partial charge in [-0.2, -0.15) is 0 Å². The Balaban J connectivity index is 1.78. The lowest BCUT2D eigenvalue weighted by atomic mass is 9.96. The van der Waals surface area contributed by atoms with Crippen molar-refractivity contribution in [2.24, 2.45) is 0 Å². The van der Waals surface area contributed by atoms with Gasteiger partial charge in [-0.25, -0.2) is 4.79 Å². The van der Waals surface area contributed by atoms with Gasteiger partial charge < -0.3 is 14.4 Å². The highest BCUT2D eigenvalue weighted by atomic mass is 16.6. The van der Waals surface area contributed by atoms with Crippen LogP contribution in [0.3, 0.4) is 0 Å². The Labute approximate surface area is 148 Å². The molecule has 0 radical (unpaired) electrons. The van der Waals surface area contributed by atoms with E-state index in [9.17, 15) is 4.79 Å². The first kappa shape index (κ1) is 17.4. The number of hydrogen-bond acceptors (Lipinski definition) is 4. The number of carbonyl (C=O) groups excluding carboxylic acids is 1. The second-order valence-electron chi connectivity index (χ2n) is 7.28. The molecule has 0 spiro atoms. The van der Waals surface area contributed by atoms with E-state index in [0.29, 0.717) is 13.2 Å². The molecule has 3 rings (SSSR count). The molecule has 5 heteroatoms. The van der Waals surface area contributed by atoms with Gasteiger partial charge in [0.1, 0.15) is 11.7 Å². The van der Waals surface area contributed by atoms with Gasteiger partial charge in [-0.15, -0.1) is 0 Å². The Kier molecular flexibility index (Phi) is 4.77. The SMILES string of the molecule is CN(CC1OCc2c(-c3cccnc3)cccc21)C(=O)OC(C)(C)C. The highest BCUT2D eigenvalue weighted by molar-refractivity contribution is 5.69. The zero-order valence-electron chi connectivity index (χ0n) is 15.2. The number of nitrogens with zero attached hydrogens (tertiary/aromatic N) is 2. The molecule has 2 heterocycles. The molecule has 0 saturated heterocycles. The molecule has 0 fully saturated rings. The minimum Gasteiger partial charge on any atom is -0.444 e. The average molecular weight is 340 g/mol. The first-order valence-corrected chi connectivity index (χ1v) is 8.43. The number of likely N-dealkylation sites (N-methyl/N-ethyl adjacent to an activating group) is 1. The molecular formula is C20H24N2O3. The van der Waals surface area contributed by atoms with Crippen LogP contribution in [0.4, 0.5) is 4.79 Å². The molecule has 1 aliphatic rings. The van der Waals surface area contributed by atoms with Crippen LogP contribution in [0.25, 0.3) is 11.1 Å². The first-order valence-electron chi connectivity index (χ1n) is 8.43. The van der Waals surface area contributed by atoms with Crippen molar-refractivity contribution in [3.05, 3.63) is 53.9 Å². The Morgan fingerprint density at radius 3 is 2.80 bits per heavy atom. The van der Waals surface area contributed by atoms with Crippen molar-refractivity contribution < 1.29 is 14.3 Å². The topological polar surface area (TPSA) is 51.7 Å². The number of hydrogen-bond donors (Lipinski definition) is 0. The lowest BCUT2D eigenvalue weighted by molar-refractivity contribution is 0.00748. The molecule has 1 aromatic carbocycles. The van der Waals surface area contributed by atoms with Gasteiger partial charge in [0, 0.05) is 25.0 Å². The van der Waals surface area contributed by atoms with Crippen molar-refractivity contribution in [3.63, 3.8) is 0 Å². The average Bonchev–Trinajstić information content (AvgIpc) is 2.97. The molecule has 25 heavy (non-hydrogen) atoms. The molecule has 1 atom stereocenters. The summed E-state index contributed by atoms with van der Waals surface area (Å²) >= 11 is 0. The normalized spacial score (nSPS) is 16.4. The van der Waals surface area contributed by atoms with Gasteiger partial charge in [-0.05, 0) is 43.5 Å². The van der Waals surface area contributed by atoms with Gasteiger partial charge in [-0.3, -0.25) is 4.98 Å². The Morgan fingerprint density at radius 1 is 1.32 bits per heavy atom. The van der Waals surface area contributed by atoms with Crippen LogP contribution in [0, 0.1) is 0 Å². The maximum Gasteiger partial charge on any atom is 0.410 e. The zero-order chi connectivity index (χ0) is 18.0. The van der Waals surface area contributed by atoms with Crippen molar-refractivity contribution in [2.75, 3.05) is 13.6 Å². The summed E-state index contributed by atoms with van der Waals surface area (Å²) in [6.07, 6.45) is 3.13. The van der Waals surface area contributed by atoms with E-state index in [4.69, 9.17) is 9.47 Å². The van der Waals surface area contributed by atoms with Gasteiger partial charge in [0.15, 0.2) is 0 Å². The molecular weight excluding hydrogens is 316 g/mol. The lowest BCUT2D eigenvalue weighted by Gasteiger charge is -2.26. The van der Waals surface area contributed by atoms with Crippen LogP contribution in [0.1, 0.15) is 38.0 Å². The third kappa shape index (κ3) is 3.99. The number of aromatic nitrogens is 1. The highest BCUT2D eigenvalue weighted by Gasteiger charge is 2.29. The Morgan fingerprint density at radius 2 is 2.12 bits per heavy atom. The van der Waals surface area contributed by atoms with Crippen LogP contribution in [-0.2, 0) is 16.1 Å². The van der Waals surface area contributed by atoms with E-state index in [0.717, 1.165) is 22.3 Å². The van der Waals surface area contributed by atoms with Gasteiger partial charge in [0.05, 0.1) is 13.2 Å². The number of benzene rings is 1. The van der Waals surface area contributed by atoms with Crippen LogP contribution in [0.5, 0.6) is 0 Å². The Bertz CT molecular complexity index is 753. The minimum absolute atomic E-state index is 0.149. The van der Waals surface area contributed by atoms with Crippen LogP contribution >= 0.6 is 0 Å². The number of pyridine rings is 1. The molecule has 1 aromatic heterocycles. The largest absolute Gasteiger partial charge is 0.444 e. The van der Waals surface area contributed by atoms with Crippen molar-refractivity contribution in [1.29, 1.82) is 0 Å². The van der Waals surface area contributed by atoms with E-state index in [1.165, 1.54) is 0 Å². The van der Waals surface area contributed by atoms with E-state index in [-0.39, 0.29) is 12.2 Å². The highest BCUT2D eigenvalue weighted by Crippen LogP contribution is 2.37. The number of ether oxygens (including phenoxy) is 2. The molecule has 0 bridgehead atoms. The summed E-state index contributed by atoms with van der Waals surface area (Å²) in [6, 6.07) is 10.1. The van der Waals surface area contributed by atoms with Gasteiger partial charge >= 0.3 is 6.09 Å². The molecule has 0 N–H and O–H groups in total. The minimum atomic E-state index is -0.507. The first-order chi connectivity index (χ1) is 11.8. The lowest BCUT2D eigenvalue weighted by Crippen LogP contribution is -2.36. The van der Waals surface area contributed by atoms with Crippen LogP contribution in [0.15, 0.2) is 42.7 Å². The number of amides is 1. The summed E-state index contributed by atoms with van der Waals surface area (Å²) < 4.78 is 11.4. The molecule has 0 aliphatic carbocycles. The number of fused-ring (bicyclic) bond motifs is 1. The second kappa shape index (κ2) is 6.84. The van der Waals surface area contributed by atoms with Crippen molar-refractivity contribution in [3.8, 4) is 11.1 Å². The van der Waals surface area contributed by atoms with E-state index in [2.05, 4.69) is 17.1 Å². The Hall–Kier alpha value is -2.40. The maximum atomic E-state index is 12.2. The number of carbonyl (C=O) groups is 1. The van der Waals surface area contributed by atoms with Crippen molar-refractivity contribution in [2.45, 2.75) is 39.1 Å². The zero-order valence-corrected chi connectivity index (χ0v) is 15.2. The molecule has 1 unspecified atom stereocenters. The third-order valence-corrected chi connectivity index (χ3v) is 4.11. The summed E-state index contributed by atoms with van der Waals surface area (Å²) in [4.78, 5) is 18.0. The van der Waals surface area contributed by atoms with Gasteiger partial charge in [0.2, 0.25) is 0 Å². The predicted octanol–water partition coefficient (Wildman–Crippen LogP) is 4.19. The molecule has 132 valence electrons. The predicted molar refractivity (Wildman–Crippen MR) is 96.1 cm³/mol. The number of rotatable bonds is 3. The van der Waals surface area contributed by atoms with Gasteiger partial charge in [-0.1, -0.05) is 24.3 Å². The maximum absolute atomic E-state index is 12.2. The van der Waals surface area contributed by atoms with Gasteiger partial charge in [0.25, 0.3) is 0 Å². The van der Waals surface area contributed by atoms with Crippen molar-refractivity contribution >= 4 is 6.09 Å². The smallest absolute Gasteiger partial charge is 0.410 e. The fourth-order valence-corrected chi connectivity index (χ4v) is 2.95.